The summed E-state index contributed by atoms with van der Waals surface area (Å²) in [6, 6.07) is 5.51. The summed E-state index contributed by atoms with van der Waals surface area (Å²) in [5.74, 6) is -0.0754. The maximum atomic E-state index is 13.0. The zero-order valence-electron chi connectivity index (χ0n) is 14.6. The average molecular weight is 348 g/mol. The number of benzene rings is 1. The lowest BCUT2D eigenvalue weighted by Gasteiger charge is -2.29. The number of hydrogen-bond donors (Lipinski definition) is 1. The van der Waals surface area contributed by atoms with Crippen LogP contribution in [0.2, 0.25) is 0 Å². The number of aromatic nitrogens is 1. The number of rotatable bonds is 5. The molecule has 24 heavy (non-hydrogen) atoms. The summed E-state index contributed by atoms with van der Waals surface area (Å²) >= 11 is 0. The van der Waals surface area contributed by atoms with Crippen LogP contribution in [-0.2, 0) is 9.84 Å². The van der Waals surface area contributed by atoms with E-state index in [1.807, 2.05) is 39.0 Å². The quantitative estimate of drug-likeness (QED) is 0.903. The first-order chi connectivity index (χ1) is 11.2. The number of aryl methyl sites for hydroxylation is 2. The van der Waals surface area contributed by atoms with Crippen LogP contribution in [-0.4, -0.2) is 48.3 Å². The number of H-pyrrole nitrogens is 1. The van der Waals surface area contributed by atoms with Crippen molar-refractivity contribution in [1.29, 1.82) is 0 Å². The third-order valence-corrected chi connectivity index (χ3v) is 5.84. The average Bonchev–Trinajstić information content (AvgIpc) is 3.25. The summed E-state index contributed by atoms with van der Waals surface area (Å²) in [6.07, 6.45) is 3.12. The standard InChI is InChI=1S/C18H24N2O3S/c1-11(10-24(4,22)23)20(15-6-7-15)18(21)14-5-8-17-16(9-14)12(2)13(3)19-17/h5,8-9,11,15,19H,6-7,10H2,1-4H3/t11-/m0/s1. The van der Waals surface area contributed by atoms with E-state index in [0.717, 1.165) is 35.0 Å². The monoisotopic (exact) mass is 348 g/mol. The van der Waals surface area contributed by atoms with Crippen LogP contribution < -0.4 is 0 Å². The van der Waals surface area contributed by atoms with Crippen molar-refractivity contribution >= 4 is 26.6 Å². The van der Waals surface area contributed by atoms with Crippen molar-refractivity contribution < 1.29 is 13.2 Å². The highest BCUT2D eigenvalue weighted by molar-refractivity contribution is 7.90. The molecular weight excluding hydrogens is 324 g/mol. The third kappa shape index (κ3) is 3.34. The van der Waals surface area contributed by atoms with Gasteiger partial charge in [-0.3, -0.25) is 4.79 Å². The van der Waals surface area contributed by atoms with Crippen LogP contribution in [0.4, 0.5) is 0 Å². The summed E-state index contributed by atoms with van der Waals surface area (Å²) in [7, 11) is -3.13. The fraction of sp³-hybridized carbons (Fsp3) is 0.500. The largest absolute Gasteiger partial charge is 0.358 e. The number of hydrogen-bond acceptors (Lipinski definition) is 3. The molecule has 0 radical (unpaired) electrons. The SMILES string of the molecule is Cc1[nH]c2ccc(C(=O)N(C3CC3)[C@@H](C)CS(C)(=O)=O)cc2c1C. The van der Waals surface area contributed by atoms with Gasteiger partial charge in [-0.05, 0) is 57.4 Å². The van der Waals surface area contributed by atoms with E-state index in [4.69, 9.17) is 0 Å². The van der Waals surface area contributed by atoms with Crippen LogP contribution in [0.5, 0.6) is 0 Å². The molecule has 3 rings (SSSR count). The molecule has 0 unspecified atom stereocenters. The molecule has 1 saturated carbocycles. The first-order valence-electron chi connectivity index (χ1n) is 8.26. The Hall–Kier alpha value is -1.82. The number of sulfone groups is 1. The number of carbonyl (C=O) groups excluding carboxylic acids is 1. The summed E-state index contributed by atoms with van der Waals surface area (Å²) in [6.45, 7) is 5.87. The van der Waals surface area contributed by atoms with E-state index in [9.17, 15) is 13.2 Å². The summed E-state index contributed by atoms with van der Waals surface area (Å²) in [5.41, 5.74) is 3.88. The lowest BCUT2D eigenvalue weighted by Crippen LogP contribution is -2.43. The Morgan fingerprint density at radius 2 is 2.00 bits per heavy atom. The molecular formula is C18H24N2O3S. The van der Waals surface area contributed by atoms with E-state index in [-0.39, 0.29) is 23.7 Å². The van der Waals surface area contributed by atoms with Crippen molar-refractivity contribution in [3.8, 4) is 0 Å². The number of aromatic amines is 1. The molecule has 1 aromatic carbocycles. The van der Waals surface area contributed by atoms with Gasteiger partial charge in [-0.25, -0.2) is 8.42 Å². The molecule has 1 fully saturated rings. The fourth-order valence-electron chi connectivity index (χ4n) is 3.34. The second-order valence-electron chi connectivity index (χ2n) is 7.02. The highest BCUT2D eigenvalue weighted by Crippen LogP contribution is 2.31. The summed E-state index contributed by atoms with van der Waals surface area (Å²) < 4.78 is 23.3. The molecule has 130 valence electrons. The summed E-state index contributed by atoms with van der Waals surface area (Å²) in [5, 5.41) is 1.05. The second-order valence-corrected chi connectivity index (χ2v) is 9.21. The predicted molar refractivity (Wildman–Crippen MR) is 96.1 cm³/mol. The molecule has 1 amide bonds. The minimum Gasteiger partial charge on any atom is -0.358 e. The number of fused-ring (bicyclic) bond motifs is 1. The smallest absolute Gasteiger partial charge is 0.254 e. The van der Waals surface area contributed by atoms with Crippen LogP contribution >= 0.6 is 0 Å². The number of nitrogens with one attached hydrogen (secondary N) is 1. The van der Waals surface area contributed by atoms with Crippen molar-refractivity contribution in [3.63, 3.8) is 0 Å². The normalized spacial score (nSPS) is 16.3. The molecule has 2 aromatic rings. The van der Waals surface area contributed by atoms with Gasteiger partial charge < -0.3 is 9.88 Å². The Balaban J connectivity index is 1.94. The van der Waals surface area contributed by atoms with Crippen LogP contribution in [0.1, 0.15) is 41.4 Å². The Morgan fingerprint density at radius 1 is 1.33 bits per heavy atom. The van der Waals surface area contributed by atoms with E-state index in [2.05, 4.69) is 4.98 Å². The van der Waals surface area contributed by atoms with E-state index >= 15 is 0 Å². The maximum Gasteiger partial charge on any atom is 0.254 e. The topological polar surface area (TPSA) is 70.2 Å². The Kier molecular flexibility index (Phi) is 4.20. The Morgan fingerprint density at radius 3 is 2.58 bits per heavy atom. The Labute approximate surface area is 143 Å². The molecule has 6 heteroatoms. The van der Waals surface area contributed by atoms with E-state index in [1.54, 1.807) is 4.90 Å². The molecule has 0 saturated heterocycles. The highest BCUT2D eigenvalue weighted by atomic mass is 32.2. The van der Waals surface area contributed by atoms with Gasteiger partial charge in [0.15, 0.2) is 0 Å². The maximum absolute atomic E-state index is 13.0. The van der Waals surface area contributed by atoms with Crippen molar-refractivity contribution in [1.82, 2.24) is 9.88 Å². The minimum absolute atomic E-state index is 0.000223. The first kappa shape index (κ1) is 17.0. The Bertz CT molecular complexity index is 894. The number of carbonyl (C=O) groups is 1. The van der Waals surface area contributed by atoms with Crippen molar-refractivity contribution in [3.05, 3.63) is 35.0 Å². The number of amides is 1. The molecule has 1 aliphatic carbocycles. The van der Waals surface area contributed by atoms with Crippen LogP contribution in [0.15, 0.2) is 18.2 Å². The lowest BCUT2D eigenvalue weighted by atomic mass is 10.1. The van der Waals surface area contributed by atoms with Crippen molar-refractivity contribution in [2.45, 2.75) is 45.7 Å². The van der Waals surface area contributed by atoms with Gasteiger partial charge in [0.2, 0.25) is 0 Å². The van der Waals surface area contributed by atoms with Crippen LogP contribution in [0, 0.1) is 13.8 Å². The molecule has 1 aliphatic rings. The van der Waals surface area contributed by atoms with Gasteiger partial charge >= 0.3 is 0 Å². The predicted octanol–water partition coefficient (Wildman–Crippen LogP) is 2.82. The molecule has 1 atom stereocenters. The van der Waals surface area contributed by atoms with E-state index in [1.165, 1.54) is 6.26 Å². The molecule has 1 aromatic heterocycles. The third-order valence-electron chi connectivity index (χ3n) is 4.75. The number of nitrogens with zero attached hydrogens (tertiary/aromatic N) is 1. The molecule has 0 spiro atoms. The van der Waals surface area contributed by atoms with Gasteiger partial charge in [0.25, 0.3) is 5.91 Å². The molecule has 5 nitrogen and oxygen atoms in total. The lowest BCUT2D eigenvalue weighted by molar-refractivity contribution is 0.0693. The van der Waals surface area contributed by atoms with Gasteiger partial charge in [-0.1, -0.05) is 0 Å². The van der Waals surface area contributed by atoms with Crippen LogP contribution in [0.3, 0.4) is 0 Å². The zero-order chi connectivity index (χ0) is 17.6. The van der Waals surface area contributed by atoms with Gasteiger partial charge in [0.1, 0.15) is 9.84 Å². The second kappa shape index (κ2) is 5.92. The zero-order valence-corrected chi connectivity index (χ0v) is 15.4. The minimum atomic E-state index is -3.13. The van der Waals surface area contributed by atoms with Gasteiger partial charge in [0.05, 0.1) is 5.75 Å². The van der Waals surface area contributed by atoms with Gasteiger partial charge in [0, 0.05) is 40.5 Å². The van der Waals surface area contributed by atoms with E-state index in [0.29, 0.717) is 5.56 Å². The van der Waals surface area contributed by atoms with E-state index < -0.39 is 9.84 Å². The summed E-state index contributed by atoms with van der Waals surface area (Å²) in [4.78, 5) is 18.1. The van der Waals surface area contributed by atoms with Gasteiger partial charge in [-0.2, -0.15) is 0 Å². The highest BCUT2D eigenvalue weighted by Gasteiger charge is 2.37. The van der Waals surface area contributed by atoms with Crippen molar-refractivity contribution in [2.24, 2.45) is 0 Å². The molecule has 0 bridgehead atoms. The molecule has 1 N–H and O–H groups in total. The van der Waals surface area contributed by atoms with Crippen LogP contribution in [0.25, 0.3) is 10.9 Å². The first-order valence-corrected chi connectivity index (χ1v) is 10.3. The molecule has 1 heterocycles. The fourth-order valence-corrected chi connectivity index (χ4v) is 4.38. The molecule has 0 aliphatic heterocycles. The van der Waals surface area contributed by atoms with Gasteiger partial charge in [-0.15, -0.1) is 0 Å². The van der Waals surface area contributed by atoms with Crippen molar-refractivity contribution in [2.75, 3.05) is 12.0 Å².